The van der Waals surface area contributed by atoms with E-state index in [1.807, 2.05) is 37.3 Å². The molecule has 1 heterocycles. The van der Waals surface area contributed by atoms with Crippen LogP contribution < -0.4 is 4.74 Å². The molecule has 0 bridgehead atoms. The largest absolute Gasteiger partial charge is 0.439 e. The Kier molecular flexibility index (Phi) is 4.02. The van der Waals surface area contributed by atoms with E-state index in [1.165, 1.54) is 0 Å². The minimum Gasteiger partial charge on any atom is -0.439 e. The van der Waals surface area contributed by atoms with Crippen molar-refractivity contribution in [2.75, 3.05) is 0 Å². The van der Waals surface area contributed by atoms with Crippen molar-refractivity contribution in [2.24, 2.45) is 0 Å². The van der Waals surface area contributed by atoms with E-state index in [-0.39, 0.29) is 0 Å². The van der Waals surface area contributed by atoms with Crippen LogP contribution in [0.4, 0.5) is 0 Å². The van der Waals surface area contributed by atoms with Crippen molar-refractivity contribution in [2.45, 2.75) is 12.8 Å². The van der Waals surface area contributed by atoms with E-state index in [2.05, 4.69) is 20.9 Å². The van der Waals surface area contributed by atoms with Crippen LogP contribution in [-0.4, -0.2) is 4.98 Å². The molecule has 0 saturated heterocycles. The van der Waals surface area contributed by atoms with Crippen molar-refractivity contribution in [3.05, 3.63) is 52.1 Å². The summed E-state index contributed by atoms with van der Waals surface area (Å²) in [4.78, 5) is 4.19. The molecule has 0 aliphatic carbocycles. The van der Waals surface area contributed by atoms with Gasteiger partial charge in [0.05, 0.1) is 0 Å². The molecular weight excluding hydrogens is 302 g/mol. The quantitative estimate of drug-likeness (QED) is 0.767. The summed E-state index contributed by atoms with van der Waals surface area (Å²) in [6.07, 6.45) is 1.72. The summed E-state index contributed by atoms with van der Waals surface area (Å²) >= 11 is 9.11. The molecule has 0 saturated carbocycles. The van der Waals surface area contributed by atoms with Gasteiger partial charge in [-0.15, -0.1) is 11.6 Å². The van der Waals surface area contributed by atoms with E-state index in [9.17, 15) is 0 Å². The molecule has 1 aromatic carbocycles. The lowest BCUT2D eigenvalue weighted by molar-refractivity contribution is 0.459. The van der Waals surface area contributed by atoms with Crippen molar-refractivity contribution >= 4 is 27.5 Å². The topological polar surface area (TPSA) is 22.1 Å². The number of ether oxygens (including phenoxy) is 1. The predicted octanol–water partition coefficient (Wildman–Crippen LogP) is 4.68. The highest BCUT2D eigenvalue weighted by atomic mass is 79.9. The molecule has 0 spiro atoms. The molecule has 2 rings (SSSR count). The summed E-state index contributed by atoms with van der Waals surface area (Å²) in [5, 5.41) is 0. The van der Waals surface area contributed by atoms with Crippen LogP contribution in [0.15, 0.2) is 41.0 Å². The van der Waals surface area contributed by atoms with Crippen molar-refractivity contribution in [3.8, 4) is 11.6 Å². The van der Waals surface area contributed by atoms with E-state index >= 15 is 0 Å². The molecule has 0 fully saturated rings. The second kappa shape index (κ2) is 5.52. The molecule has 4 heteroatoms. The lowest BCUT2D eigenvalue weighted by Gasteiger charge is -2.08. The fraction of sp³-hybridized carbons (Fsp3) is 0.154. The molecule has 0 unspecified atom stereocenters. The van der Waals surface area contributed by atoms with Crippen LogP contribution in [0.5, 0.6) is 11.6 Å². The highest BCUT2D eigenvalue weighted by molar-refractivity contribution is 9.10. The van der Waals surface area contributed by atoms with Gasteiger partial charge in [0.1, 0.15) is 5.75 Å². The van der Waals surface area contributed by atoms with Gasteiger partial charge in [0, 0.05) is 22.6 Å². The van der Waals surface area contributed by atoms with Gasteiger partial charge >= 0.3 is 0 Å². The zero-order valence-corrected chi connectivity index (χ0v) is 11.6. The maximum Gasteiger partial charge on any atom is 0.219 e. The van der Waals surface area contributed by atoms with Crippen LogP contribution in [0, 0.1) is 6.92 Å². The third-order valence-electron chi connectivity index (χ3n) is 2.32. The van der Waals surface area contributed by atoms with E-state index < -0.39 is 0 Å². The summed E-state index contributed by atoms with van der Waals surface area (Å²) in [5.74, 6) is 1.83. The van der Waals surface area contributed by atoms with Crippen molar-refractivity contribution < 1.29 is 4.74 Å². The Morgan fingerprint density at radius 2 is 2.12 bits per heavy atom. The highest BCUT2D eigenvalue weighted by Gasteiger charge is 2.03. The molecule has 0 amide bonds. The number of nitrogens with zero attached hydrogens (tertiary/aromatic N) is 1. The van der Waals surface area contributed by atoms with Gasteiger partial charge in [-0.25, -0.2) is 4.98 Å². The van der Waals surface area contributed by atoms with E-state index in [0.717, 1.165) is 21.3 Å². The minimum absolute atomic E-state index is 0.462. The molecule has 2 aromatic rings. The SMILES string of the molecule is Cc1ccc(Br)cc1Oc1ccc(CCl)cn1. The standard InChI is InChI=1S/C13H11BrClNO/c1-9-2-4-11(14)6-12(9)17-13-5-3-10(7-15)8-16-13/h2-6,8H,7H2,1H3. The highest BCUT2D eigenvalue weighted by Crippen LogP contribution is 2.27. The number of aromatic nitrogens is 1. The minimum atomic E-state index is 0.462. The second-order valence-corrected chi connectivity index (χ2v) is 4.83. The first-order valence-corrected chi connectivity index (χ1v) is 6.46. The summed E-state index contributed by atoms with van der Waals surface area (Å²) in [6, 6.07) is 9.62. The molecule has 0 aliphatic heterocycles. The average molecular weight is 313 g/mol. The number of hydrogen-bond donors (Lipinski definition) is 0. The van der Waals surface area contributed by atoms with Crippen LogP contribution in [-0.2, 0) is 5.88 Å². The van der Waals surface area contributed by atoms with Crippen LogP contribution in [0.1, 0.15) is 11.1 Å². The van der Waals surface area contributed by atoms with Gasteiger partial charge in [-0.1, -0.05) is 28.1 Å². The number of hydrogen-bond acceptors (Lipinski definition) is 2. The maximum absolute atomic E-state index is 5.71. The van der Waals surface area contributed by atoms with E-state index in [4.69, 9.17) is 16.3 Å². The van der Waals surface area contributed by atoms with E-state index in [0.29, 0.717) is 11.8 Å². The van der Waals surface area contributed by atoms with E-state index in [1.54, 1.807) is 6.20 Å². The van der Waals surface area contributed by atoms with Crippen LogP contribution >= 0.6 is 27.5 Å². The number of alkyl halides is 1. The van der Waals surface area contributed by atoms with Crippen molar-refractivity contribution in [1.82, 2.24) is 4.98 Å². The van der Waals surface area contributed by atoms with Crippen LogP contribution in [0.3, 0.4) is 0 Å². The predicted molar refractivity (Wildman–Crippen MR) is 72.7 cm³/mol. The Bertz CT molecular complexity index is 513. The lowest BCUT2D eigenvalue weighted by Crippen LogP contribution is -1.91. The third-order valence-corrected chi connectivity index (χ3v) is 3.12. The first kappa shape index (κ1) is 12.4. The molecule has 0 radical (unpaired) electrons. The van der Waals surface area contributed by atoms with Crippen molar-refractivity contribution in [1.29, 1.82) is 0 Å². The van der Waals surface area contributed by atoms with Gasteiger partial charge in [0.2, 0.25) is 5.88 Å². The van der Waals surface area contributed by atoms with Gasteiger partial charge in [-0.05, 0) is 30.2 Å². The maximum atomic E-state index is 5.71. The molecule has 0 N–H and O–H groups in total. The molecule has 88 valence electrons. The summed E-state index contributed by atoms with van der Waals surface area (Å²) in [7, 11) is 0. The van der Waals surface area contributed by atoms with Gasteiger partial charge in [0.25, 0.3) is 0 Å². The number of halogens is 2. The smallest absolute Gasteiger partial charge is 0.219 e. The van der Waals surface area contributed by atoms with Gasteiger partial charge in [-0.2, -0.15) is 0 Å². The first-order valence-electron chi connectivity index (χ1n) is 5.14. The Hall–Kier alpha value is -1.06. The molecule has 17 heavy (non-hydrogen) atoms. The Morgan fingerprint density at radius 1 is 1.29 bits per heavy atom. The molecule has 0 aliphatic rings. The number of pyridine rings is 1. The summed E-state index contributed by atoms with van der Waals surface area (Å²) in [5.41, 5.74) is 2.04. The lowest BCUT2D eigenvalue weighted by atomic mass is 10.2. The Morgan fingerprint density at radius 3 is 2.76 bits per heavy atom. The number of aryl methyl sites for hydroxylation is 1. The average Bonchev–Trinajstić information content (AvgIpc) is 2.35. The molecule has 2 nitrogen and oxygen atoms in total. The summed E-state index contributed by atoms with van der Waals surface area (Å²) in [6.45, 7) is 1.99. The second-order valence-electron chi connectivity index (χ2n) is 3.65. The monoisotopic (exact) mass is 311 g/mol. The zero-order valence-electron chi connectivity index (χ0n) is 9.28. The number of rotatable bonds is 3. The van der Waals surface area contributed by atoms with Gasteiger partial charge < -0.3 is 4.74 Å². The van der Waals surface area contributed by atoms with Gasteiger partial charge in [0.15, 0.2) is 0 Å². The molecule has 0 atom stereocenters. The van der Waals surface area contributed by atoms with Crippen LogP contribution in [0.2, 0.25) is 0 Å². The number of benzene rings is 1. The summed E-state index contributed by atoms with van der Waals surface area (Å²) < 4.78 is 6.69. The Balaban J connectivity index is 2.22. The third kappa shape index (κ3) is 3.20. The Labute approximate surface area is 114 Å². The fourth-order valence-corrected chi connectivity index (χ4v) is 1.85. The van der Waals surface area contributed by atoms with Crippen LogP contribution in [0.25, 0.3) is 0 Å². The molecule has 1 aromatic heterocycles. The normalized spacial score (nSPS) is 10.3. The zero-order chi connectivity index (χ0) is 12.3. The molecular formula is C13H11BrClNO. The van der Waals surface area contributed by atoms with Crippen molar-refractivity contribution in [3.63, 3.8) is 0 Å². The van der Waals surface area contributed by atoms with Gasteiger partial charge in [-0.3, -0.25) is 0 Å². The first-order chi connectivity index (χ1) is 8.19. The fourth-order valence-electron chi connectivity index (χ4n) is 1.35.